The third-order valence-corrected chi connectivity index (χ3v) is 4.91. The highest BCUT2D eigenvalue weighted by Gasteiger charge is 2.18. The molecule has 178 valence electrons. The first kappa shape index (κ1) is 24.6. The van der Waals surface area contributed by atoms with Crippen molar-refractivity contribution in [2.75, 3.05) is 14.2 Å². The Bertz CT molecular complexity index is 1170. The molecule has 34 heavy (non-hydrogen) atoms. The molecule has 0 aliphatic heterocycles. The topological polar surface area (TPSA) is 91.7 Å². The van der Waals surface area contributed by atoms with Gasteiger partial charge in [0.25, 0.3) is 5.91 Å². The Labute approximate surface area is 199 Å². The number of para-hydroxylation sites is 1. The highest BCUT2D eigenvalue weighted by molar-refractivity contribution is 5.91. The maximum absolute atomic E-state index is 12.4. The van der Waals surface area contributed by atoms with Gasteiger partial charge in [-0.25, -0.2) is 9.48 Å². The molecule has 0 aliphatic carbocycles. The van der Waals surface area contributed by atoms with Crippen LogP contribution in [0, 0.1) is 0 Å². The molecule has 1 N–H and O–H groups in total. The first-order chi connectivity index (χ1) is 16.3. The predicted molar refractivity (Wildman–Crippen MR) is 130 cm³/mol. The molecule has 0 bridgehead atoms. The average molecular weight is 464 g/mol. The van der Waals surface area contributed by atoms with E-state index in [-0.39, 0.29) is 11.9 Å². The Morgan fingerprint density at radius 1 is 1.00 bits per heavy atom. The van der Waals surface area contributed by atoms with Crippen LogP contribution in [-0.4, -0.2) is 48.0 Å². The smallest absolute Gasteiger partial charge is 0.331 e. The molecule has 0 fully saturated rings. The number of benzene rings is 2. The van der Waals surface area contributed by atoms with Gasteiger partial charge in [-0.15, -0.1) is 0 Å². The summed E-state index contributed by atoms with van der Waals surface area (Å²) >= 11 is 0. The Hall–Kier alpha value is -4.07. The minimum absolute atomic E-state index is 0.0444. The molecule has 8 heteroatoms. The van der Waals surface area contributed by atoms with Crippen LogP contribution in [0.2, 0.25) is 0 Å². The summed E-state index contributed by atoms with van der Waals surface area (Å²) in [4.78, 5) is 24.4. The zero-order valence-corrected chi connectivity index (χ0v) is 19.9. The minimum Gasteiger partial charge on any atom is -0.493 e. The van der Waals surface area contributed by atoms with Gasteiger partial charge >= 0.3 is 5.97 Å². The van der Waals surface area contributed by atoms with E-state index in [9.17, 15) is 9.59 Å². The van der Waals surface area contributed by atoms with E-state index < -0.39 is 12.1 Å². The van der Waals surface area contributed by atoms with E-state index in [1.165, 1.54) is 13.0 Å². The van der Waals surface area contributed by atoms with E-state index >= 15 is 0 Å². The van der Waals surface area contributed by atoms with Gasteiger partial charge in [0.15, 0.2) is 17.6 Å². The molecule has 0 spiro atoms. The number of rotatable bonds is 9. The number of hydrogen-bond acceptors (Lipinski definition) is 6. The molecule has 3 rings (SSSR count). The second-order valence-corrected chi connectivity index (χ2v) is 7.86. The lowest BCUT2D eigenvalue weighted by atomic mass is 10.1. The molecule has 1 amide bonds. The molecule has 2 aromatic carbocycles. The van der Waals surface area contributed by atoms with Gasteiger partial charge in [-0.1, -0.05) is 18.2 Å². The van der Waals surface area contributed by atoms with E-state index in [1.807, 2.05) is 62.5 Å². The summed E-state index contributed by atoms with van der Waals surface area (Å²) in [5.74, 6) is 0.188. The van der Waals surface area contributed by atoms with Gasteiger partial charge in [-0.05, 0) is 57.2 Å². The van der Waals surface area contributed by atoms with Gasteiger partial charge in [0, 0.05) is 29.4 Å². The third kappa shape index (κ3) is 6.04. The summed E-state index contributed by atoms with van der Waals surface area (Å²) in [6.07, 6.45) is 3.82. The number of nitrogens with one attached hydrogen (secondary N) is 1. The zero-order chi connectivity index (χ0) is 24.7. The summed E-state index contributed by atoms with van der Waals surface area (Å²) in [6, 6.07) is 15.1. The second kappa shape index (κ2) is 11.2. The number of amides is 1. The molecule has 0 saturated heterocycles. The highest BCUT2D eigenvalue weighted by Crippen LogP contribution is 2.33. The van der Waals surface area contributed by atoms with Crippen molar-refractivity contribution in [3.05, 3.63) is 66.4 Å². The number of methoxy groups -OCH3 is 2. The fraction of sp³-hybridized carbons (Fsp3) is 0.269. The number of carbonyl (C=O) groups excluding carboxylic acids is 2. The molecule has 1 heterocycles. The first-order valence-corrected chi connectivity index (χ1v) is 10.9. The molecule has 0 aliphatic rings. The number of hydrogen-bond donors (Lipinski definition) is 1. The van der Waals surface area contributed by atoms with Gasteiger partial charge < -0.3 is 19.5 Å². The van der Waals surface area contributed by atoms with Crippen LogP contribution in [0.15, 0.2) is 60.8 Å². The van der Waals surface area contributed by atoms with Crippen molar-refractivity contribution in [2.45, 2.75) is 32.9 Å². The number of carbonyl (C=O) groups is 2. The second-order valence-electron chi connectivity index (χ2n) is 7.86. The zero-order valence-electron chi connectivity index (χ0n) is 19.9. The van der Waals surface area contributed by atoms with Crippen molar-refractivity contribution in [1.82, 2.24) is 15.1 Å². The Balaban J connectivity index is 1.92. The largest absolute Gasteiger partial charge is 0.493 e. The number of aromatic nitrogens is 2. The van der Waals surface area contributed by atoms with Crippen molar-refractivity contribution in [3.8, 4) is 28.4 Å². The monoisotopic (exact) mass is 463 g/mol. The van der Waals surface area contributed by atoms with Gasteiger partial charge in [0.1, 0.15) is 5.69 Å². The van der Waals surface area contributed by atoms with E-state index in [0.717, 1.165) is 11.3 Å². The van der Waals surface area contributed by atoms with Crippen LogP contribution >= 0.6 is 0 Å². The van der Waals surface area contributed by atoms with E-state index in [2.05, 4.69) is 5.32 Å². The molecule has 1 atom stereocenters. The lowest BCUT2D eigenvalue weighted by molar-refractivity contribution is -0.150. The average Bonchev–Trinajstić information content (AvgIpc) is 3.26. The maximum atomic E-state index is 12.4. The third-order valence-electron chi connectivity index (χ3n) is 4.91. The van der Waals surface area contributed by atoms with Crippen molar-refractivity contribution < 1.29 is 23.8 Å². The molecule has 3 aromatic rings. The SMILES string of the molecule is COc1ccc(-c2nn(-c3ccccc3)cc2/C=C/C(=O)OC(C)C(=O)NC(C)C)cc1OC. The molecule has 0 saturated carbocycles. The number of ether oxygens (including phenoxy) is 3. The quantitative estimate of drug-likeness (QED) is 0.381. The lowest BCUT2D eigenvalue weighted by Crippen LogP contribution is -2.39. The van der Waals surface area contributed by atoms with Crippen LogP contribution < -0.4 is 14.8 Å². The Morgan fingerprint density at radius 3 is 2.35 bits per heavy atom. The first-order valence-electron chi connectivity index (χ1n) is 10.9. The molecule has 1 aromatic heterocycles. The molecule has 0 radical (unpaired) electrons. The van der Waals surface area contributed by atoms with Gasteiger partial charge in [-0.2, -0.15) is 5.10 Å². The Morgan fingerprint density at radius 2 is 1.71 bits per heavy atom. The van der Waals surface area contributed by atoms with Crippen molar-refractivity contribution in [3.63, 3.8) is 0 Å². The fourth-order valence-corrected chi connectivity index (χ4v) is 3.26. The number of esters is 1. The molecule has 8 nitrogen and oxygen atoms in total. The van der Waals surface area contributed by atoms with Crippen LogP contribution in [0.4, 0.5) is 0 Å². The molecule has 1 unspecified atom stereocenters. The molecular formula is C26H29N3O5. The summed E-state index contributed by atoms with van der Waals surface area (Å²) in [5.41, 5.74) is 2.97. The minimum atomic E-state index is -0.906. The predicted octanol–water partition coefficient (Wildman–Crippen LogP) is 4.03. The van der Waals surface area contributed by atoms with Crippen LogP contribution in [0.25, 0.3) is 23.0 Å². The Kier molecular flexibility index (Phi) is 8.08. The maximum Gasteiger partial charge on any atom is 0.331 e. The van der Waals surface area contributed by atoms with Crippen molar-refractivity contribution >= 4 is 18.0 Å². The van der Waals surface area contributed by atoms with Gasteiger partial charge in [-0.3, -0.25) is 4.79 Å². The van der Waals surface area contributed by atoms with E-state index in [4.69, 9.17) is 19.3 Å². The van der Waals surface area contributed by atoms with Crippen LogP contribution in [0.1, 0.15) is 26.3 Å². The summed E-state index contributed by atoms with van der Waals surface area (Å²) in [5, 5.41) is 7.45. The van der Waals surface area contributed by atoms with Gasteiger partial charge in [0.05, 0.1) is 19.9 Å². The fourth-order valence-electron chi connectivity index (χ4n) is 3.26. The van der Waals surface area contributed by atoms with Crippen LogP contribution in [0.5, 0.6) is 11.5 Å². The highest BCUT2D eigenvalue weighted by atomic mass is 16.5. The number of nitrogens with zero attached hydrogens (tertiary/aromatic N) is 2. The van der Waals surface area contributed by atoms with E-state index in [0.29, 0.717) is 22.8 Å². The summed E-state index contributed by atoms with van der Waals surface area (Å²) in [7, 11) is 3.14. The normalized spacial score (nSPS) is 11.9. The van der Waals surface area contributed by atoms with E-state index in [1.54, 1.807) is 31.0 Å². The van der Waals surface area contributed by atoms with Crippen molar-refractivity contribution in [2.24, 2.45) is 0 Å². The molecular weight excluding hydrogens is 434 g/mol. The van der Waals surface area contributed by atoms with Crippen LogP contribution in [0.3, 0.4) is 0 Å². The van der Waals surface area contributed by atoms with Crippen LogP contribution in [-0.2, 0) is 14.3 Å². The van der Waals surface area contributed by atoms with Gasteiger partial charge in [0.2, 0.25) is 0 Å². The summed E-state index contributed by atoms with van der Waals surface area (Å²) < 4.78 is 17.7. The standard InChI is InChI=1S/C26H29N3O5/c1-17(2)27-26(31)18(3)34-24(30)14-12-20-16-29(21-9-7-6-8-10-21)28-25(20)19-11-13-22(32-4)23(15-19)33-5/h6-18H,1-5H3,(H,27,31)/b14-12+. The van der Waals surface area contributed by atoms with Crippen molar-refractivity contribution in [1.29, 1.82) is 0 Å². The lowest BCUT2D eigenvalue weighted by Gasteiger charge is -2.14. The summed E-state index contributed by atoms with van der Waals surface area (Å²) in [6.45, 7) is 5.21.